The maximum absolute atomic E-state index is 12.9. The Kier molecular flexibility index (Phi) is 7.32. The minimum atomic E-state index is -3.74. The van der Waals surface area contributed by atoms with Gasteiger partial charge < -0.3 is 9.47 Å². The van der Waals surface area contributed by atoms with E-state index in [2.05, 4.69) is 0 Å². The molecule has 0 aliphatic rings. The molecule has 0 radical (unpaired) electrons. The van der Waals surface area contributed by atoms with Gasteiger partial charge in [0.2, 0.25) is 9.84 Å². The molecule has 0 bridgehead atoms. The number of hydrogen-bond donors (Lipinski definition) is 0. The molecule has 0 saturated carbocycles. The first-order valence-corrected chi connectivity index (χ1v) is 11.5. The molecule has 0 aliphatic heterocycles. The van der Waals surface area contributed by atoms with Crippen molar-refractivity contribution in [2.24, 2.45) is 5.41 Å². The van der Waals surface area contributed by atoms with E-state index < -0.39 is 21.6 Å². The Morgan fingerprint density at radius 1 is 0.806 bits per heavy atom. The van der Waals surface area contributed by atoms with Gasteiger partial charge in [0.1, 0.15) is 17.1 Å². The molecule has 7 heteroatoms. The third kappa shape index (κ3) is 7.83. The van der Waals surface area contributed by atoms with Gasteiger partial charge in [0, 0.05) is 12.8 Å². The summed E-state index contributed by atoms with van der Waals surface area (Å²) in [5.74, 6) is 0.296. The lowest BCUT2D eigenvalue weighted by molar-refractivity contribution is -0.120. The zero-order valence-electron chi connectivity index (χ0n) is 18.9. The first kappa shape index (κ1) is 24.6. The average molecular weight is 447 g/mol. The zero-order valence-corrected chi connectivity index (χ0v) is 19.7. The predicted octanol–water partition coefficient (Wildman–Crippen LogP) is 5.38. The number of Topliss-reactive ketones (excluding diaryl/α,β-unsaturated/α-hetero) is 1. The van der Waals surface area contributed by atoms with Crippen molar-refractivity contribution < 1.29 is 27.5 Å². The van der Waals surface area contributed by atoms with E-state index in [4.69, 9.17) is 9.47 Å². The summed E-state index contributed by atoms with van der Waals surface area (Å²) in [7, 11) is -3.74. The quantitative estimate of drug-likeness (QED) is 0.437. The van der Waals surface area contributed by atoms with Crippen molar-refractivity contribution in [3.63, 3.8) is 0 Å². The molecular weight excluding hydrogens is 416 g/mol. The smallest absolute Gasteiger partial charge is 0.428 e. The largest absolute Gasteiger partial charge is 0.514 e. The SMILES string of the molecule is CC(C)(C)CC(=O)Cc1ccc(S(=O)(=O)c2ccc(OC(=O)OC(C)(C)C)cc2)cc1. The second-order valence-electron chi connectivity index (χ2n) is 9.64. The lowest BCUT2D eigenvalue weighted by atomic mass is 9.88. The maximum Gasteiger partial charge on any atom is 0.514 e. The highest BCUT2D eigenvalue weighted by molar-refractivity contribution is 7.91. The van der Waals surface area contributed by atoms with E-state index in [1.807, 2.05) is 20.8 Å². The Labute approximate surface area is 184 Å². The van der Waals surface area contributed by atoms with Gasteiger partial charge in [-0.3, -0.25) is 4.79 Å². The minimum Gasteiger partial charge on any atom is -0.428 e. The average Bonchev–Trinajstić information content (AvgIpc) is 2.59. The summed E-state index contributed by atoms with van der Waals surface area (Å²) in [6.07, 6.45) is -0.126. The standard InChI is InChI=1S/C24H30O6S/c1-23(2,3)16-18(25)15-17-7-11-20(12-8-17)31(27,28)21-13-9-19(10-14-21)29-22(26)30-24(4,5)6/h7-14H,15-16H2,1-6H3. The van der Waals surface area contributed by atoms with Gasteiger partial charge >= 0.3 is 6.16 Å². The van der Waals surface area contributed by atoms with Crippen molar-refractivity contribution in [2.75, 3.05) is 0 Å². The van der Waals surface area contributed by atoms with E-state index in [0.29, 0.717) is 6.42 Å². The molecule has 0 N–H and O–H groups in total. The number of rotatable bonds is 6. The number of ether oxygens (including phenoxy) is 2. The van der Waals surface area contributed by atoms with Crippen LogP contribution < -0.4 is 4.74 Å². The fourth-order valence-corrected chi connectivity index (χ4v) is 4.12. The van der Waals surface area contributed by atoms with Crippen LogP contribution in [-0.4, -0.2) is 26.0 Å². The van der Waals surface area contributed by atoms with Gasteiger partial charge in [0.15, 0.2) is 0 Å². The summed E-state index contributed by atoms with van der Waals surface area (Å²) in [5, 5.41) is 0. The molecule has 168 valence electrons. The summed E-state index contributed by atoms with van der Waals surface area (Å²) in [6.45, 7) is 11.2. The molecule has 0 spiro atoms. The van der Waals surface area contributed by atoms with E-state index in [0.717, 1.165) is 5.56 Å². The number of carbonyl (C=O) groups is 2. The van der Waals surface area contributed by atoms with Gasteiger partial charge in [-0.1, -0.05) is 32.9 Å². The van der Waals surface area contributed by atoms with Gasteiger partial charge in [-0.05, 0) is 68.1 Å². The molecule has 31 heavy (non-hydrogen) atoms. The maximum atomic E-state index is 12.9. The van der Waals surface area contributed by atoms with Crippen molar-refractivity contribution in [1.29, 1.82) is 0 Å². The molecule has 0 amide bonds. The molecule has 0 saturated heterocycles. The number of benzene rings is 2. The highest BCUT2D eigenvalue weighted by atomic mass is 32.2. The summed E-state index contributed by atoms with van der Waals surface area (Å²) >= 11 is 0. The normalized spacial score (nSPS) is 12.3. The highest BCUT2D eigenvalue weighted by Gasteiger charge is 2.21. The molecule has 2 aromatic carbocycles. The van der Waals surface area contributed by atoms with Crippen LogP contribution in [0.4, 0.5) is 4.79 Å². The van der Waals surface area contributed by atoms with Crippen LogP contribution in [0.15, 0.2) is 58.3 Å². The van der Waals surface area contributed by atoms with Crippen LogP contribution in [0.25, 0.3) is 0 Å². The Bertz CT molecular complexity index is 942. The molecule has 0 fully saturated rings. The van der Waals surface area contributed by atoms with Gasteiger partial charge in [-0.25, -0.2) is 13.2 Å². The minimum absolute atomic E-state index is 0.0700. The first-order valence-electron chi connectivity index (χ1n) is 10.0. The Hall–Kier alpha value is -2.67. The molecule has 0 aromatic heterocycles. The lowest BCUT2D eigenvalue weighted by Gasteiger charge is -2.18. The van der Waals surface area contributed by atoms with Crippen LogP contribution >= 0.6 is 0 Å². The number of hydrogen-bond acceptors (Lipinski definition) is 6. The fraction of sp³-hybridized carbons (Fsp3) is 0.417. The van der Waals surface area contributed by atoms with E-state index in [-0.39, 0.29) is 33.2 Å². The third-order valence-corrected chi connectivity index (χ3v) is 5.87. The van der Waals surface area contributed by atoms with E-state index >= 15 is 0 Å². The van der Waals surface area contributed by atoms with Gasteiger partial charge in [0.05, 0.1) is 9.79 Å². The van der Waals surface area contributed by atoms with Crippen molar-refractivity contribution in [3.05, 3.63) is 54.1 Å². The molecule has 0 heterocycles. The predicted molar refractivity (Wildman–Crippen MR) is 118 cm³/mol. The number of sulfone groups is 1. The van der Waals surface area contributed by atoms with Crippen LogP contribution in [-0.2, 0) is 25.8 Å². The van der Waals surface area contributed by atoms with Crippen LogP contribution in [0.3, 0.4) is 0 Å². The topological polar surface area (TPSA) is 86.7 Å². The first-order chi connectivity index (χ1) is 14.2. The molecule has 2 aromatic rings. The molecular formula is C24H30O6S. The molecule has 0 atom stereocenters. The summed E-state index contributed by atoms with van der Waals surface area (Å²) in [4.78, 5) is 24.1. The van der Waals surface area contributed by atoms with Crippen LogP contribution in [0.1, 0.15) is 53.5 Å². The van der Waals surface area contributed by atoms with Gasteiger partial charge in [-0.15, -0.1) is 0 Å². The Morgan fingerprint density at radius 2 is 1.29 bits per heavy atom. The van der Waals surface area contributed by atoms with Crippen molar-refractivity contribution in [1.82, 2.24) is 0 Å². The summed E-state index contributed by atoms with van der Waals surface area (Å²) in [6, 6.07) is 11.9. The lowest BCUT2D eigenvalue weighted by Crippen LogP contribution is -2.25. The van der Waals surface area contributed by atoms with Crippen LogP contribution in [0.5, 0.6) is 5.75 Å². The monoisotopic (exact) mass is 446 g/mol. The van der Waals surface area contributed by atoms with Crippen LogP contribution in [0.2, 0.25) is 0 Å². The highest BCUT2D eigenvalue weighted by Crippen LogP contribution is 2.25. The Morgan fingerprint density at radius 3 is 1.74 bits per heavy atom. The Balaban J connectivity index is 2.09. The van der Waals surface area contributed by atoms with Crippen molar-refractivity contribution in [2.45, 2.75) is 69.8 Å². The van der Waals surface area contributed by atoms with Crippen molar-refractivity contribution in [3.8, 4) is 5.75 Å². The van der Waals surface area contributed by atoms with E-state index in [1.165, 1.54) is 36.4 Å². The molecule has 6 nitrogen and oxygen atoms in total. The second-order valence-corrected chi connectivity index (χ2v) is 11.6. The molecule has 0 aliphatic carbocycles. The van der Waals surface area contributed by atoms with E-state index in [9.17, 15) is 18.0 Å². The summed E-state index contributed by atoms with van der Waals surface area (Å²) in [5.41, 5.74) is -0.00169. The second kappa shape index (κ2) is 9.22. The fourth-order valence-electron chi connectivity index (χ4n) is 2.86. The number of ketones is 1. The van der Waals surface area contributed by atoms with Gasteiger partial charge in [-0.2, -0.15) is 0 Å². The van der Waals surface area contributed by atoms with E-state index in [1.54, 1.807) is 32.9 Å². The zero-order chi connectivity index (χ0) is 23.4. The molecule has 0 unspecified atom stereocenters. The number of carbonyl (C=O) groups excluding carboxylic acids is 2. The van der Waals surface area contributed by atoms with Gasteiger partial charge in [0.25, 0.3) is 0 Å². The molecule has 2 rings (SSSR count). The van der Waals surface area contributed by atoms with Crippen molar-refractivity contribution >= 4 is 21.8 Å². The van der Waals surface area contributed by atoms with Crippen LogP contribution in [0, 0.1) is 5.41 Å². The third-order valence-electron chi connectivity index (χ3n) is 4.09. The summed E-state index contributed by atoms with van der Waals surface area (Å²) < 4.78 is 35.9.